The van der Waals surface area contributed by atoms with Gasteiger partial charge in [-0.3, -0.25) is 9.82 Å². The van der Waals surface area contributed by atoms with Crippen LogP contribution in [0.25, 0.3) is 0 Å². The van der Waals surface area contributed by atoms with Crippen LogP contribution in [0.5, 0.6) is 0 Å². The molecule has 0 fully saturated rings. The van der Waals surface area contributed by atoms with E-state index in [0.717, 1.165) is 11.8 Å². The highest BCUT2D eigenvalue weighted by atomic mass is 32.2. The lowest BCUT2D eigenvalue weighted by Crippen LogP contribution is -2.14. The van der Waals surface area contributed by atoms with E-state index in [1.54, 1.807) is 6.07 Å². The predicted molar refractivity (Wildman–Crippen MR) is 79.0 cm³/mol. The van der Waals surface area contributed by atoms with E-state index in [2.05, 4.69) is 14.9 Å². The lowest BCUT2D eigenvalue weighted by Gasteiger charge is -2.08. The number of nitrogens with zero attached hydrogens (tertiary/aromatic N) is 1. The minimum absolute atomic E-state index is 0.104. The lowest BCUT2D eigenvalue weighted by molar-refractivity contribution is 0.599. The molecule has 0 radical (unpaired) electrons. The summed E-state index contributed by atoms with van der Waals surface area (Å²) >= 11 is 0. The van der Waals surface area contributed by atoms with Gasteiger partial charge in [0.05, 0.1) is 10.6 Å². The van der Waals surface area contributed by atoms with E-state index in [-0.39, 0.29) is 27.9 Å². The van der Waals surface area contributed by atoms with Crippen LogP contribution >= 0.6 is 0 Å². The first-order chi connectivity index (χ1) is 9.70. The molecule has 0 saturated heterocycles. The number of nitrogen functional groups attached to an aromatic ring is 1. The maximum Gasteiger partial charge on any atom is 0.263 e. The molecule has 0 aliphatic rings. The summed E-state index contributed by atoms with van der Waals surface area (Å²) in [5, 5.41) is 6.64. The molecule has 1 heterocycles. The van der Waals surface area contributed by atoms with E-state index in [0.29, 0.717) is 0 Å². The van der Waals surface area contributed by atoms with Gasteiger partial charge in [0.1, 0.15) is 5.82 Å². The number of aryl methyl sites for hydroxylation is 1. The minimum atomic E-state index is -3.87. The van der Waals surface area contributed by atoms with E-state index in [1.807, 2.05) is 13.8 Å². The number of aromatic nitrogens is 2. The molecule has 0 unspecified atom stereocenters. The molecule has 2 rings (SSSR count). The van der Waals surface area contributed by atoms with Crippen LogP contribution in [0.2, 0.25) is 0 Å². The van der Waals surface area contributed by atoms with Crippen molar-refractivity contribution in [3.05, 3.63) is 35.3 Å². The van der Waals surface area contributed by atoms with Gasteiger partial charge in [-0.2, -0.15) is 5.10 Å². The number of rotatable bonds is 4. The highest BCUT2D eigenvalue weighted by Gasteiger charge is 2.19. The number of H-pyrrole nitrogens is 1. The van der Waals surface area contributed by atoms with Gasteiger partial charge in [0.2, 0.25) is 0 Å². The zero-order chi connectivity index (χ0) is 15.8. The van der Waals surface area contributed by atoms with Crippen molar-refractivity contribution in [2.45, 2.75) is 31.6 Å². The summed E-state index contributed by atoms with van der Waals surface area (Å²) < 4.78 is 40.3. The SMILES string of the molecule is Cc1cc(S(=O)(=O)Nc2cc(C(C)C)[nH]n2)cc(N)c1F. The van der Waals surface area contributed by atoms with Gasteiger partial charge in [0.15, 0.2) is 5.82 Å². The maximum absolute atomic E-state index is 13.5. The Morgan fingerprint density at radius 2 is 2.00 bits per heavy atom. The van der Waals surface area contributed by atoms with Gasteiger partial charge in [0.25, 0.3) is 10.0 Å². The number of hydrogen-bond acceptors (Lipinski definition) is 4. The fraction of sp³-hybridized carbons (Fsp3) is 0.308. The van der Waals surface area contributed by atoms with E-state index >= 15 is 0 Å². The first-order valence-electron chi connectivity index (χ1n) is 6.34. The van der Waals surface area contributed by atoms with Crippen molar-refractivity contribution >= 4 is 21.5 Å². The normalized spacial score (nSPS) is 11.9. The Hall–Kier alpha value is -2.09. The predicted octanol–water partition coefficient (Wildman–Crippen LogP) is 2.36. The molecule has 0 atom stereocenters. The number of halogens is 1. The Kier molecular flexibility index (Phi) is 3.91. The van der Waals surface area contributed by atoms with Crippen LogP contribution < -0.4 is 10.5 Å². The van der Waals surface area contributed by atoms with E-state index in [4.69, 9.17) is 5.73 Å². The summed E-state index contributed by atoms with van der Waals surface area (Å²) in [7, 11) is -3.87. The molecular weight excluding hydrogens is 295 g/mol. The molecule has 0 aliphatic carbocycles. The van der Waals surface area contributed by atoms with E-state index < -0.39 is 15.8 Å². The number of nitrogens with two attached hydrogens (primary N) is 1. The fourth-order valence-corrected chi connectivity index (χ4v) is 2.91. The summed E-state index contributed by atoms with van der Waals surface area (Å²) in [5.41, 5.74) is 6.23. The zero-order valence-electron chi connectivity index (χ0n) is 11.9. The maximum atomic E-state index is 13.5. The first kappa shape index (κ1) is 15.3. The molecule has 2 aromatic rings. The highest BCUT2D eigenvalue weighted by molar-refractivity contribution is 7.92. The molecule has 1 aromatic heterocycles. The van der Waals surface area contributed by atoms with Crippen molar-refractivity contribution in [2.24, 2.45) is 0 Å². The number of nitrogens with one attached hydrogen (secondary N) is 2. The summed E-state index contributed by atoms with van der Waals surface area (Å²) in [6.45, 7) is 5.36. The van der Waals surface area contributed by atoms with Crippen molar-refractivity contribution in [1.29, 1.82) is 0 Å². The van der Waals surface area contributed by atoms with Crippen molar-refractivity contribution in [1.82, 2.24) is 10.2 Å². The summed E-state index contributed by atoms with van der Waals surface area (Å²) in [4.78, 5) is -0.104. The van der Waals surface area contributed by atoms with Crippen LogP contribution in [0.3, 0.4) is 0 Å². The van der Waals surface area contributed by atoms with Gasteiger partial charge >= 0.3 is 0 Å². The third-order valence-electron chi connectivity index (χ3n) is 3.03. The fourth-order valence-electron chi connectivity index (χ4n) is 1.80. The molecule has 114 valence electrons. The molecular formula is C13H17FN4O2S. The molecule has 0 aliphatic heterocycles. The minimum Gasteiger partial charge on any atom is -0.396 e. The average molecular weight is 312 g/mol. The van der Waals surface area contributed by atoms with Crippen molar-refractivity contribution < 1.29 is 12.8 Å². The number of benzene rings is 1. The van der Waals surface area contributed by atoms with Crippen LogP contribution in [0, 0.1) is 12.7 Å². The monoisotopic (exact) mass is 312 g/mol. The second-order valence-electron chi connectivity index (χ2n) is 5.11. The Morgan fingerprint density at radius 1 is 1.33 bits per heavy atom. The number of hydrogen-bond donors (Lipinski definition) is 3. The smallest absolute Gasteiger partial charge is 0.263 e. The molecule has 0 saturated carbocycles. The van der Waals surface area contributed by atoms with Crippen molar-refractivity contribution in [2.75, 3.05) is 10.5 Å². The number of aromatic amines is 1. The molecule has 6 nitrogen and oxygen atoms in total. The third-order valence-corrected chi connectivity index (χ3v) is 4.36. The zero-order valence-corrected chi connectivity index (χ0v) is 12.8. The van der Waals surface area contributed by atoms with Crippen molar-refractivity contribution in [3.63, 3.8) is 0 Å². The number of sulfonamides is 1. The molecule has 1 aromatic carbocycles. The van der Waals surface area contributed by atoms with Gasteiger partial charge in [-0.15, -0.1) is 0 Å². The van der Waals surface area contributed by atoms with Crippen LogP contribution in [-0.2, 0) is 10.0 Å². The van der Waals surface area contributed by atoms with Crippen molar-refractivity contribution in [3.8, 4) is 0 Å². The second kappa shape index (κ2) is 5.36. The molecule has 0 bridgehead atoms. The molecule has 0 amide bonds. The quantitative estimate of drug-likeness (QED) is 0.754. The van der Waals surface area contributed by atoms with Crippen LogP contribution in [0.4, 0.5) is 15.9 Å². The Balaban J connectivity index is 2.33. The second-order valence-corrected chi connectivity index (χ2v) is 6.79. The summed E-state index contributed by atoms with van der Waals surface area (Å²) in [6.07, 6.45) is 0. The van der Waals surface area contributed by atoms with E-state index in [1.165, 1.54) is 13.0 Å². The van der Waals surface area contributed by atoms with Gasteiger partial charge < -0.3 is 5.73 Å². The highest BCUT2D eigenvalue weighted by Crippen LogP contribution is 2.23. The largest absolute Gasteiger partial charge is 0.396 e. The molecule has 8 heteroatoms. The van der Waals surface area contributed by atoms with Crippen LogP contribution in [-0.4, -0.2) is 18.6 Å². The summed E-state index contributed by atoms with van der Waals surface area (Å²) in [6, 6.07) is 3.92. The van der Waals surface area contributed by atoms with Gasteiger partial charge in [-0.25, -0.2) is 12.8 Å². The topological polar surface area (TPSA) is 101 Å². The molecule has 4 N–H and O–H groups in total. The Morgan fingerprint density at radius 3 is 2.52 bits per heavy atom. The third kappa shape index (κ3) is 3.15. The van der Waals surface area contributed by atoms with Gasteiger partial charge in [-0.1, -0.05) is 13.8 Å². The lowest BCUT2D eigenvalue weighted by atomic mass is 10.1. The first-order valence-corrected chi connectivity index (χ1v) is 7.83. The van der Waals surface area contributed by atoms with Crippen LogP contribution in [0.15, 0.2) is 23.1 Å². The Labute approximate surface area is 122 Å². The average Bonchev–Trinajstić information content (AvgIpc) is 2.83. The number of anilines is 2. The molecule has 0 spiro atoms. The van der Waals surface area contributed by atoms with Crippen LogP contribution in [0.1, 0.15) is 31.0 Å². The standard InChI is InChI=1S/C13H17FN4O2S/c1-7(2)11-6-12(17-16-11)18-21(19,20)9-4-8(3)13(14)10(15)5-9/h4-7H,15H2,1-3H3,(H2,16,17,18). The molecule has 21 heavy (non-hydrogen) atoms. The van der Waals surface area contributed by atoms with Gasteiger partial charge in [0, 0.05) is 11.8 Å². The van der Waals surface area contributed by atoms with Gasteiger partial charge in [-0.05, 0) is 30.5 Å². The Bertz CT molecular complexity index is 745. The van der Waals surface area contributed by atoms with E-state index in [9.17, 15) is 12.8 Å². The summed E-state index contributed by atoms with van der Waals surface area (Å²) in [5.74, 6) is -0.241.